The highest BCUT2D eigenvalue weighted by molar-refractivity contribution is 7.99. The average molecular weight is 347 g/mol. The SMILES string of the molecule is Cc1ccccc1-c1nnc(SCC(=O)N[C@@H](C)CCC(C)C)o1. The molecule has 0 fully saturated rings. The quantitative estimate of drug-likeness (QED) is 0.729. The Morgan fingerprint density at radius 1 is 1.21 bits per heavy atom. The highest BCUT2D eigenvalue weighted by atomic mass is 32.2. The van der Waals surface area contributed by atoms with E-state index in [0.29, 0.717) is 17.0 Å². The molecule has 6 heteroatoms. The molecule has 0 aliphatic heterocycles. The van der Waals surface area contributed by atoms with Gasteiger partial charge in [-0.3, -0.25) is 4.79 Å². The van der Waals surface area contributed by atoms with E-state index in [9.17, 15) is 4.79 Å². The third-order valence-electron chi connectivity index (χ3n) is 3.69. The fraction of sp³-hybridized carbons (Fsp3) is 0.500. The Bertz CT molecular complexity index is 670. The van der Waals surface area contributed by atoms with Crippen LogP contribution in [0, 0.1) is 12.8 Å². The van der Waals surface area contributed by atoms with Crippen molar-refractivity contribution in [1.29, 1.82) is 0 Å². The van der Waals surface area contributed by atoms with Crippen LogP contribution in [0.4, 0.5) is 0 Å². The molecular weight excluding hydrogens is 322 g/mol. The van der Waals surface area contributed by atoms with Crippen molar-refractivity contribution in [3.05, 3.63) is 29.8 Å². The number of aryl methyl sites for hydroxylation is 1. The van der Waals surface area contributed by atoms with E-state index in [1.165, 1.54) is 11.8 Å². The van der Waals surface area contributed by atoms with Crippen molar-refractivity contribution in [2.45, 2.75) is 51.8 Å². The first-order chi connectivity index (χ1) is 11.5. The van der Waals surface area contributed by atoms with Crippen LogP contribution in [0.25, 0.3) is 11.5 Å². The van der Waals surface area contributed by atoms with Crippen LogP contribution in [0.3, 0.4) is 0 Å². The van der Waals surface area contributed by atoms with E-state index in [1.807, 2.05) is 38.1 Å². The number of hydrogen-bond donors (Lipinski definition) is 1. The van der Waals surface area contributed by atoms with E-state index in [0.717, 1.165) is 24.0 Å². The monoisotopic (exact) mass is 347 g/mol. The van der Waals surface area contributed by atoms with Crippen LogP contribution in [0.5, 0.6) is 0 Å². The molecule has 5 nitrogen and oxygen atoms in total. The van der Waals surface area contributed by atoms with Crippen molar-refractivity contribution in [3.8, 4) is 11.5 Å². The van der Waals surface area contributed by atoms with Gasteiger partial charge in [0.1, 0.15) is 0 Å². The van der Waals surface area contributed by atoms with Crippen molar-refractivity contribution in [2.24, 2.45) is 5.92 Å². The molecule has 1 N–H and O–H groups in total. The highest BCUT2D eigenvalue weighted by Gasteiger charge is 2.13. The molecule has 0 aliphatic rings. The summed E-state index contributed by atoms with van der Waals surface area (Å²) in [6.07, 6.45) is 2.10. The van der Waals surface area contributed by atoms with Gasteiger partial charge in [0.15, 0.2) is 0 Å². The first kappa shape index (κ1) is 18.5. The van der Waals surface area contributed by atoms with Gasteiger partial charge in [-0.1, -0.05) is 43.8 Å². The number of nitrogens with one attached hydrogen (secondary N) is 1. The van der Waals surface area contributed by atoms with E-state index in [1.54, 1.807) is 0 Å². The molecule has 1 aromatic heterocycles. The molecule has 1 atom stereocenters. The summed E-state index contributed by atoms with van der Waals surface area (Å²) in [5.41, 5.74) is 2.00. The Hall–Kier alpha value is -1.82. The third-order valence-corrected chi connectivity index (χ3v) is 4.51. The van der Waals surface area contributed by atoms with Crippen molar-refractivity contribution in [3.63, 3.8) is 0 Å². The third kappa shape index (κ3) is 5.67. The van der Waals surface area contributed by atoms with Crippen molar-refractivity contribution in [1.82, 2.24) is 15.5 Å². The lowest BCUT2D eigenvalue weighted by Crippen LogP contribution is -2.34. The van der Waals surface area contributed by atoms with Crippen molar-refractivity contribution in [2.75, 3.05) is 5.75 Å². The lowest BCUT2D eigenvalue weighted by atomic mass is 10.0. The molecule has 2 rings (SSSR count). The minimum absolute atomic E-state index is 0.00750. The smallest absolute Gasteiger partial charge is 0.277 e. The van der Waals surface area contributed by atoms with Crippen LogP contribution >= 0.6 is 11.8 Å². The molecule has 0 bridgehead atoms. The summed E-state index contributed by atoms with van der Waals surface area (Å²) in [6, 6.07) is 8.03. The fourth-order valence-corrected chi connectivity index (χ4v) is 2.86. The molecule has 0 saturated carbocycles. The zero-order valence-corrected chi connectivity index (χ0v) is 15.5. The van der Waals surface area contributed by atoms with Crippen LogP contribution < -0.4 is 5.32 Å². The second kappa shape index (κ2) is 8.87. The van der Waals surface area contributed by atoms with Crippen LogP contribution in [-0.2, 0) is 4.79 Å². The summed E-state index contributed by atoms with van der Waals surface area (Å²) < 4.78 is 5.65. The van der Waals surface area contributed by atoms with Gasteiger partial charge in [0.05, 0.1) is 5.75 Å². The molecule has 1 amide bonds. The number of benzene rings is 1. The molecule has 2 aromatic rings. The zero-order valence-electron chi connectivity index (χ0n) is 14.7. The first-order valence-electron chi connectivity index (χ1n) is 8.27. The standard InChI is InChI=1S/C18H25N3O2S/c1-12(2)9-10-14(4)19-16(22)11-24-18-21-20-17(23-18)15-8-6-5-7-13(15)3/h5-8,12,14H,9-11H2,1-4H3,(H,19,22)/t14-/m0/s1. The van der Waals surface area contributed by atoms with Crippen LogP contribution in [0.2, 0.25) is 0 Å². The summed E-state index contributed by atoms with van der Waals surface area (Å²) >= 11 is 1.26. The lowest BCUT2D eigenvalue weighted by Gasteiger charge is -2.14. The topological polar surface area (TPSA) is 68.0 Å². The fourth-order valence-electron chi connectivity index (χ4n) is 2.29. The minimum Gasteiger partial charge on any atom is -0.411 e. The minimum atomic E-state index is -0.00750. The molecule has 1 aromatic carbocycles. The highest BCUT2D eigenvalue weighted by Crippen LogP contribution is 2.25. The molecule has 0 radical (unpaired) electrons. The predicted molar refractivity (Wildman–Crippen MR) is 96.9 cm³/mol. The van der Waals surface area contributed by atoms with Gasteiger partial charge in [-0.15, -0.1) is 10.2 Å². The number of aromatic nitrogens is 2. The maximum atomic E-state index is 12.0. The lowest BCUT2D eigenvalue weighted by molar-refractivity contribution is -0.119. The molecule has 24 heavy (non-hydrogen) atoms. The Morgan fingerprint density at radius 2 is 1.96 bits per heavy atom. The van der Waals surface area contributed by atoms with Gasteiger partial charge in [-0.25, -0.2) is 0 Å². The number of rotatable bonds is 8. The number of nitrogens with zero attached hydrogens (tertiary/aromatic N) is 2. The van der Waals surface area contributed by atoms with Gasteiger partial charge in [0.2, 0.25) is 11.8 Å². The van der Waals surface area contributed by atoms with Gasteiger partial charge >= 0.3 is 0 Å². The number of thioether (sulfide) groups is 1. The Labute approximate surface area is 147 Å². The number of hydrogen-bond acceptors (Lipinski definition) is 5. The summed E-state index contributed by atoms with van der Waals surface area (Å²) in [7, 11) is 0. The van der Waals surface area contributed by atoms with Crippen LogP contribution in [-0.4, -0.2) is 27.9 Å². The Morgan fingerprint density at radius 3 is 2.67 bits per heavy atom. The molecule has 0 unspecified atom stereocenters. The Balaban J connectivity index is 1.83. The van der Waals surface area contributed by atoms with Gasteiger partial charge in [0.25, 0.3) is 5.22 Å². The van der Waals surface area contributed by atoms with Gasteiger partial charge in [0, 0.05) is 11.6 Å². The number of carbonyl (C=O) groups excluding carboxylic acids is 1. The molecule has 0 aliphatic carbocycles. The van der Waals surface area contributed by atoms with Gasteiger partial charge in [-0.2, -0.15) is 0 Å². The van der Waals surface area contributed by atoms with Crippen LogP contribution in [0.15, 0.2) is 33.9 Å². The van der Waals surface area contributed by atoms with Crippen molar-refractivity contribution >= 4 is 17.7 Å². The molecule has 130 valence electrons. The summed E-state index contributed by atoms with van der Waals surface area (Å²) in [5.74, 6) is 1.41. The zero-order chi connectivity index (χ0) is 17.5. The number of carbonyl (C=O) groups is 1. The van der Waals surface area contributed by atoms with Crippen LogP contribution in [0.1, 0.15) is 39.2 Å². The second-order valence-corrected chi connectivity index (χ2v) is 7.34. The maximum Gasteiger partial charge on any atom is 0.277 e. The average Bonchev–Trinajstić information content (AvgIpc) is 3.00. The van der Waals surface area contributed by atoms with E-state index in [-0.39, 0.29) is 17.7 Å². The largest absolute Gasteiger partial charge is 0.411 e. The maximum absolute atomic E-state index is 12.0. The molecule has 1 heterocycles. The van der Waals surface area contributed by atoms with Gasteiger partial charge < -0.3 is 9.73 Å². The number of amides is 1. The second-order valence-electron chi connectivity index (χ2n) is 6.42. The summed E-state index contributed by atoms with van der Waals surface area (Å²) in [4.78, 5) is 12.0. The van der Waals surface area contributed by atoms with E-state index in [2.05, 4.69) is 29.4 Å². The summed E-state index contributed by atoms with van der Waals surface area (Å²) in [5, 5.41) is 11.5. The summed E-state index contributed by atoms with van der Waals surface area (Å²) in [6.45, 7) is 8.41. The molecular formula is C18H25N3O2S. The normalized spacial score (nSPS) is 12.4. The predicted octanol–water partition coefficient (Wildman–Crippen LogP) is 4.08. The van der Waals surface area contributed by atoms with E-state index < -0.39 is 0 Å². The van der Waals surface area contributed by atoms with E-state index in [4.69, 9.17) is 4.42 Å². The molecule has 0 saturated heterocycles. The Kier molecular flexibility index (Phi) is 6.85. The van der Waals surface area contributed by atoms with Crippen molar-refractivity contribution < 1.29 is 9.21 Å². The van der Waals surface area contributed by atoms with Gasteiger partial charge in [-0.05, 0) is 44.2 Å². The first-order valence-corrected chi connectivity index (χ1v) is 9.26. The molecule has 0 spiro atoms. The van der Waals surface area contributed by atoms with E-state index >= 15 is 0 Å².